The van der Waals surface area contributed by atoms with Gasteiger partial charge in [-0.2, -0.15) is 0 Å². The van der Waals surface area contributed by atoms with E-state index in [1.807, 2.05) is 24.3 Å². The Morgan fingerprint density at radius 1 is 1.05 bits per heavy atom. The Balaban J connectivity index is 2.25. The van der Waals surface area contributed by atoms with E-state index in [1.54, 1.807) is 0 Å². The van der Waals surface area contributed by atoms with E-state index >= 15 is 0 Å². The quantitative estimate of drug-likeness (QED) is 0.844. The van der Waals surface area contributed by atoms with Gasteiger partial charge >= 0.3 is 0 Å². The zero-order valence-corrected chi connectivity index (χ0v) is 11.8. The highest BCUT2D eigenvalue weighted by Crippen LogP contribution is 2.33. The standard InChI is InChI=1S/C16H18FNO2/c1-10(2)11-4-6-12(7-5-11)20-16-9-15(19-3)13(17)8-14(16)18/h4-10H,18H2,1-3H3. The molecule has 0 saturated heterocycles. The maximum atomic E-state index is 13.5. The number of methoxy groups -OCH3 is 1. The highest BCUT2D eigenvalue weighted by atomic mass is 19.1. The molecular formula is C16H18FNO2. The molecule has 0 bridgehead atoms. The van der Waals surface area contributed by atoms with Gasteiger partial charge < -0.3 is 15.2 Å². The fraction of sp³-hybridized carbons (Fsp3) is 0.250. The summed E-state index contributed by atoms with van der Waals surface area (Å²) in [5.74, 6) is 1.08. The van der Waals surface area contributed by atoms with E-state index < -0.39 is 5.82 Å². The summed E-state index contributed by atoms with van der Waals surface area (Å²) in [6.45, 7) is 4.25. The molecule has 0 saturated carbocycles. The highest BCUT2D eigenvalue weighted by molar-refractivity contribution is 5.57. The Hall–Kier alpha value is -2.23. The molecule has 0 aliphatic carbocycles. The monoisotopic (exact) mass is 275 g/mol. The van der Waals surface area contributed by atoms with Gasteiger partial charge in [0.1, 0.15) is 5.75 Å². The fourth-order valence-electron chi connectivity index (χ4n) is 1.84. The first-order chi connectivity index (χ1) is 9.51. The van der Waals surface area contributed by atoms with E-state index in [-0.39, 0.29) is 11.4 Å². The number of hydrogen-bond acceptors (Lipinski definition) is 3. The summed E-state index contributed by atoms with van der Waals surface area (Å²) in [6.07, 6.45) is 0. The summed E-state index contributed by atoms with van der Waals surface area (Å²) >= 11 is 0. The summed E-state index contributed by atoms with van der Waals surface area (Å²) in [5.41, 5.74) is 7.21. The minimum atomic E-state index is -0.507. The second-order valence-electron chi connectivity index (χ2n) is 4.85. The smallest absolute Gasteiger partial charge is 0.167 e. The number of hydrogen-bond donors (Lipinski definition) is 1. The van der Waals surface area contributed by atoms with Gasteiger partial charge in [-0.1, -0.05) is 26.0 Å². The molecule has 2 aromatic carbocycles. The number of rotatable bonds is 4. The Labute approximate surface area is 118 Å². The lowest BCUT2D eigenvalue weighted by molar-refractivity contribution is 0.382. The summed E-state index contributed by atoms with van der Waals surface area (Å²) < 4.78 is 24.0. The second kappa shape index (κ2) is 5.82. The molecule has 2 aromatic rings. The number of nitrogens with two attached hydrogens (primary N) is 1. The lowest BCUT2D eigenvalue weighted by Gasteiger charge is -2.12. The van der Waals surface area contributed by atoms with Crippen molar-refractivity contribution in [2.75, 3.05) is 12.8 Å². The van der Waals surface area contributed by atoms with E-state index in [4.69, 9.17) is 15.2 Å². The number of halogens is 1. The van der Waals surface area contributed by atoms with E-state index in [0.717, 1.165) is 0 Å². The molecule has 0 amide bonds. The topological polar surface area (TPSA) is 44.5 Å². The normalized spacial score (nSPS) is 10.7. The number of ether oxygens (including phenoxy) is 2. The third-order valence-electron chi connectivity index (χ3n) is 3.06. The molecule has 4 heteroatoms. The maximum absolute atomic E-state index is 13.5. The van der Waals surface area contributed by atoms with Gasteiger partial charge in [-0.3, -0.25) is 0 Å². The van der Waals surface area contributed by atoms with Gasteiger partial charge in [0.05, 0.1) is 12.8 Å². The van der Waals surface area contributed by atoms with Crippen LogP contribution in [0.2, 0.25) is 0 Å². The molecular weight excluding hydrogens is 257 g/mol. The van der Waals surface area contributed by atoms with Crippen molar-refractivity contribution in [3.63, 3.8) is 0 Å². The zero-order chi connectivity index (χ0) is 14.7. The predicted molar refractivity (Wildman–Crippen MR) is 78.0 cm³/mol. The minimum absolute atomic E-state index is 0.105. The summed E-state index contributed by atoms with van der Waals surface area (Å²) in [5, 5.41) is 0. The van der Waals surface area contributed by atoms with Crippen LogP contribution in [0.1, 0.15) is 25.3 Å². The molecule has 2 rings (SSSR count). The number of benzene rings is 2. The molecule has 3 nitrogen and oxygen atoms in total. The molecule has 20 heavy (non-hydrogen) atoms. The lowest BCUT2D eigenvalue weighted by Crippen LogP contribution is -1.96. The van der Waals surface area contributed by atoms with Crippen molar-refractivity contribution in [3.8, 4) is 17.2 Å². The molecule has 0 aliphatic heterocycles. The third-order valence-corrected chi connectivity index (χ3v) is 3.06. The summed E-state index contributed by atoms with van der Waals surface area (Å²) in [4.78, 5) is 0. The van der Waals surface area contributed by atoms with Crippen molar-refractivity contribution in [1.82, 2.24) is 0 Å². The van der Waals surface area contributed by atoms with Gasteiger partial charge in [0.15, 0.2) is 17.3 Å². The van der Waals surface area contributed by atoms with Crippen LogP contribution in [0.3, 0.4) is 0 Å². The molecule has 0 atom stereocenters. The first-order valence-corrected chi connectivity index (χ1v) is 6.42. The van der Waals surface area contributed by atoms with E-state index in [9.17, 15) is 4.39 Å². The lowest BCUT2D eigenvalue weighted by atomic mass is 10.0. The first kappa shape index (κ1) is 14.2. The van der Waals surface area contributed by atoms with Gasteiger partial charge in [-0.05, 0) is 23.6 Å². The Morgan fingerprint density at radius 2 is 1.70 bits per heavy atom. The Morgan fingerprint density at radius 3 is 2.25 bits per heavy atom. The van der Waals surface area contributed by atoms with Gasteiger partial charge in [0.25, 0.3) is 0 Å². The highest BCUT2D eigenvalue weighted by Gasteiger charge is 2.10. The van der Waals surface area contributed by atoms with Crippen LogP contribution >= 0.6 is 0 Å². The Bertz CT molecular complexity index is 594. The number of nitrogen functional groups attached to an aromatic ring is 1. The molecule has 0 aliphatic rings. The molecule has 106 valence electrons. The molecule has 0 unspecified atom stereocenters. The van der Waals surface area contributed by atoms with Crippen LogP contribution in [0.25, 0.3) is 0 Å². The number of anilines is 1. The van der Waals surface area contributed by atoms with E-state index in [1.165, 1.54) is 24.8 Å². The maximum Gasteiger partial charge on any atom is 0.167 e. The van der Waals surface area contributed by atoms with Crippen LogP contribution in [0.15, 0.2) is 36.4 Å². The molecule has 0 heterocycles. The molecule has 2 N–H and O–H groups in total. The fourth-order valence-corrected chi connectivity index (χ4v) is 1.84. The molecule has 0 spiro atoms. The van der Waals surface area contributed by atoms with Crippen molar-refractivity contribution < 1.29 is 13.9 Å². The second-order valence-corrected chi connectivity index (χ2v) is 4.85. The van der Waals surface area contributed by atoms with Crippen LogP contribution in [0.4, 0.5) is 10.1 Å². The van der Waals surface area contributed by atoms with Crippen LogP contribution in [-0.2, 0) is 0 Å². The van der Waals surface area contributed by atoms with Crippen LogP contribution in [0, 0.1) is 5.82 Å². The van der Waals surface area contributed by atoms with Crippen LogP contribution in [-0.4, -0.2) is 7.11 Å². The van der Waals surface area contributed by atoms with E-state index in [2.05, 4.69) is 13.8 Å². The Kier molecular flexibility index (Phi) is 4.13. The average molecular weight is 275 g/mol. The molecule has 0 radical (unpaired) electrons. The van der Waals surface area contributed by atoms with E-state index in [0.29, 0.717) is 17.4 Å². The van der Waals surface area contributed by atoms with Gasteiger partial charge in [0, 0.05) is 12.1 Å². The largest absolute Gasteiger partial charge is 0.494 e. The van der Waals surface area contributed by atoms with Gasteiger partial charge in [-0.15, -0.1) is 0 Å². The first-order valence-electron chi connectivity index (χ1n) is 6.42. The third kappa shape index (κ3) is 3.02. The van der Waals surface area contributed by atoms with Crippen molar-refractivity contribution in [2.45, 2.75) is 19.8 Å². The van der Waals surface area contributed by atoms with Crippen LogP contribution in [0.5, 0.6) is 17.2 Å². The van der Waals surface area contributed by atoms with Crippen molar-refractivity contribution in [1.29, 1.82) is 0 Å². The summed E-state index contributed by atoms with van der Waals surface area (Å²) in [7, 11) is 1.40. The van der Waals surface area contributed by atoms with Gasteiger partial charge in [0.2, 0.25) is 0 Å². The molecule has 0 fully saturated rings. The minimum Gasteiger partial charge on any atom is -0.494 e. The van der Waals surface area contributed by atoms with Gasteiger partial charge in [-0.25, -0.2) is 4.39 Å². The predicted octanol–water partition coefficient (Wildman–Crippen LogP) is 4.33. The van der Waals surface area contributed by atoms with Crippen molar-refractivity contribution in [2.24, 2.45) is 0 Å². The zero-order valence-electron chi connectivity index (χ0n) is 11.8. The van der Waals surface area contributed by atoms with Crippen molar-refractivity contribution >= 4 is 5.69 Å². The van der Waals surface area contributed by atoms with Crippen LogP contribution < -0.4 is 15.2 Å². The SMILES string of the molecule is COc1cc(Oc2ccc(C(C)C)cc2)c(N)cc1F. The molecule has 0 aromatic heterocycles. The average Bonchev–Trinajstić information content (AvgIpc) is 2.42. The summed E-state index contributed by atoms with van der Waals surface area (Å²) in [6, 6.07) is 10.4. The van der Waals surface area contributed by atoms with Crippen molar-refractivity contribution in [3.05, 3.63) is 47.8 Å².